The van der Waals surface area contributed by atoms with E-state index in [0.29, 0.717) is 23.7 Å². The molecule has 0 aliphatic rings. The Hall–Kier alpha value is -2.05. The van der Waals surface area contributed by atoms with Gasteiger partial charge in [0.2, 0.25) is 5.75 Å². The molecule has 0 atom stereocenters. The molecule has 0 bridgehead atoms. The molecule has 2 aromatic carbocycles. The number of rotatable bonds is 6. The molecule has 0 aliphatic heterocycles. The van der Waals surface area contributed by atoms with E-state index in [1.807, 2.05) is 24.3 Å². The standard InChI is InChI=1S/C19H18BrNO3S/c1-22-16-9-12(10-17(23-2)18(16)24-3)8-15-11-25-19(21-15)13-4-6-14(20)7-5-13/h4-7,9-11H,8H2,1-3H3. The summed E-state index contributed by atoms with van der Waals surface area (Å²) in [4.78, 5) is 4.75. The van der Waals surface area contributed by atoms with E-state index >= 15 is 0 Å². The monoisotopic (exact) mass is 419 g/mol. The zero-order chi connectivity index (χ0) is 17.8. The van der Waals surface area contributed by atoms with Gasteiger partial charge in [0.15, 0.2) is 11.5 Å². The summed E-state index contributed by atoms with van der Waals surface area (Å²) >= 11 is 5.10. The van der Waals surface area contributed by atoms with Gasteiger partial charge in [0.1, 0.15) is 5.01 Å². The fourth-order valence-electron chi connectivity index (χ4n) is 2.56. The number of benzene rings is 2. The zero-order valence-corrected chi connectivity index (χ0v) is 16.6. The van der Waals surface area contributed by atoms with Crippen LogP contribution >= 0.6 is 27.3 Å². The molecule has 3 rings (SSSR count). The highest BCUT2D eigenvalue weighted by atomic mass is 79.9. The summed E-state index contributed by atoms with van der Waals surface area (Å²) in [6.07, 6.45) is 0.698. The molecule has 0 fully saturated rings. The number of hydrogen-bond acceptors (Lipinski definition) is 5. The Bertz CT molecular complexity index is 836. The van der Waals surface area contributed by atoms with Crippen LogP contribution in [0.1, 0.15) is 11.3 Å². The van der Waals surface area contributed by atoms with Crippen LogP contribution in [-0.4, -0.2) is 26.3 Å². The van der Waals surface area contributed by atoms with Crippen LogP contribution in [0.15, 0.2) is 46.3 Å². The van der Waals surface area contributed by atoms with Crippen LogP contribution in [0, 0.1) is 0 Å². The lowest BCUT2D eigenvalue weighted by molar-refractivity contribution is 0.324. The molecule has 0 amide bonds. The summed E-state index contributed by atoms with van der Waals surface area (Å²) in [5, 5.41) is 3.09. The minimum absolute atomic E-state index is 0.600. The van der Waals surface area contributed by atoms with E-state index in [0.717, 1.165) is 26.3 Å². The van der Waals surface area contributed by atoms with Gasteiger partial charge in [0.05, 0.1) is 27.0 Å². The normalized spacial score (nSPS) is 10.6. The maximum Gasteiger partial charge on any atom is 0.203 e. The lowest BCUT2D eigenvalue weighted by atomic mass is 10.1. The highest BCUT2D eigenvalue weighted by molar-refractivity contribution is 9.10. The van der Waals surface area contributed by atoms with Gasteiger partial charge in [-0.1, -0.05) is 28.1 Å². The molecule has 0 unspecified atom stereocenters. The third kappa shape index (κ3) is 3.96. The smallest absolute Gasteiger partial charge is 0.203 e. The quantitative estimate of drug-likeness (QED) is 0.551. The van der Waals surface area contributed by atoms with Gasteiger partial charge in [-0.15, -0.1) is 11.3 Å². The van der Waals surface area contributed by atoms with Crippen LogP contribution in [0.3, 0.4) is 0 Å². The minimum Gasteiger partial charge on any atom is -0.493 e. The van der Waals surface area contributed by atoms with Crippen LogP contribution in [0.25, 0.3) is 10.6 Å². The molecule has 130 valence electrons. The number of halogens is 1. The number of methoxy groups -OCH3 is 3. The molecule has 3 aromatic rings. The maximum atomic E-state index is 5.42. The van der Waals surface area contributed by atoms with Crippen LogP contribution in [0.4, 0.5) is 0 Å². The van der Waals surface area contributed by atoms with Gasteiger partial charge in [-0.25, -0.2) is 4.98 Å². The molecule has 1 aromatic heterocycles. The van der Waals surface area contributed by atoms with Crippen molar-refractivity contribution >= 4 is 27.3 Å². The number of nitrogens with zero attached hydrogens (tertiary/aromatic N) is 1. The number of aromatic nitrogens is 1. The van der Waals surface area contributed by atoms with Gasteiger partial charge in [-0.3, -0.25) is 0 Å². The molecule has 0 aliphatic carbocycles. The molecule has 0 radical (unpaired) electrons. The van der Waals surface area contributed by atoms with Gasteiger partial charge in [-0.2, -0.15) is 0 Å². The fourth-order valence-corrected chi connectivity index (χ4v) is 3.65. The molecule has 1 heterocycles. The van der Waals surface area contributed by atoms with Crippen molar-refractivity contribution in [3.63, 3.8) is 0 Å². The van der Waals surface area contributed by atoms with Crippen molar-refractivity contribution in [2.24, 2.45) is 0 Å². The summed E-state index contributed by atoms with van der Waals surface area (Å²) in [6.45, 7) is 0. The molecule has 6 heteroatoms. The third-order valence-corrected chi connectivity index (χ3v) is 5.22. The summed E-state index contributed by atoms with van der Waals surface area (Å²) in [5.74, 6) is 1.91. The first-order chi connectivity index (χ1) is 12.1. The number of hydrogen-bond donors (Lipinski definition) is 0. The molecular weight excluding hydrogens is 402 g/mol. The predicted molar refractivity (Wildman–Crippen MR) is 104 cm³/mol. The Kier molecular flexibility index (Phi) is 5.60. The first-order valence-corrected chi connectivity index (χ1v) is 9.31. The Morgan fingerprint density at radius 3 is 2.16 bits per heavy atom. The van der Waals surface area contributed by atoms with Crippen LogP contribution in [-0.2, 0) is 6.42 Å². The second kappa shape index (κ2) is 7.89. The van der Waals surface area contributed by atoms with E-state index in [4.69, 9.17) is 19.2 Å². The van der Waals surface area contributed by atoms with Gasteiger partial charge < -0.3 is 14.2 Å². The SMILES string of the molecule is COc1cc(Cc2csc(-c3ccc(Br)cc3)n2)cc(OC)c1OC. The van der Waals surface area contributed by atoms with E-state index in [9.17, 15) is 0 Å². The first-order valence-electron chi connectivity index (χ1n) is 7.63. The van der Waals surface area contributed by atoms with E-state index in [2.05, 4.69) is 33.4 Å². The molecule has 0 spiro atoms. The van der Waals surface area contributed by atoms with Crippen molar-refractivity contribution in [3.8, 4) is 27.8 Å². The minimum atomic E-state index is 0.600. The van der Waals surface area contributed by atoms with E-state index in [1.54, 1.807) is 32.7 Å². The molecule has 25 heavy (non-hydrogen) atoms. The Morgan fingerprint density at radius 2 is 1.60 bits per heavy atom. The topological polar surface area (TPSA) is 40.6 Å². The van der Waals surface area contributed by atoms with Crippen LogP contribution in [0.5, 0.6) is 17.2 Å². The second-order valence-electron chi connectivity index (χ2n) is 5.36. The average molecular weight is 420 g/mol. The average Bonchev–Trinajstić information content (AvgIpc) is 3.09. The third-order valence-electron chi connectivity index (χ3n) is 3.75. The van der Waals surface area contributed by atoms with Crippen molar-refractivity contribution in [2.75, 3.05) is 21.3 Å². The maximum absolute atomic E-state index is 5.42. The fraction of sp³-hybridized carbons (Fsp3) is 0.211. The van der Waals surface area contributed by atoms with E-state index in [-0.39, 0.29) is 0 Å². The highest BCUT2D eigenvalue weighted by Crippen LogP contribution is 2.39. The van der Waals surface area contributed by atoms with Crippen molar-refractivity contribution in [1.82, 2.24) is 4.98 Å². The zero-order valence-electron chi connectivity index (χ0n) is 14.2. The Labute approximate surface area is 159 Å². The number of ether oxygens (including phenoxy) is 3. The first kappa shape index (κ1) is 17.8. The van der Waals surface area contributed by atoms with Gasteiger partial charge in [0, 0.05) is 21.8 Å². The second-order valence-corrected chi connectivity index (χ2v) is 7.14. The summed E-state index contributed by atoms with van der Waals surface area (Å²) in [5.41, 5.74) is 3.18. The summed E-state index contributed by atoms with van der Waals surface area (Å²) in [7, 11) is 4.84. The highest BCUT2D eigenvalue weighted by Gasteiger charge is 2.14. The van der Waals surface area contributed by atoms with Crippen LogP contribution < -0.4 is 14.2 Å². The van der Waals surface area contributed by atoms with Crippen molar-refractivity contribution in [1.29, 1.82) is 0 Å². The molecule has 0 saturated heterocycles. The molecular formula is C19H18BrNO3S. The Balaban J connectivity index is 1.86. The summed E-state index contributed by atoms with van der Waals surface area (Å²) in [6, 6.07) is 12.1. The predicted octanol–water partition coefficient (Wildman–Crippen LogP) is 5.19. The van der Waals surface area contributed by atoms with Gasteiger partial charge >= 0.3 is 0 Å². The lowest BCUT2D eigenvalue weighted by Gasteiger charge is -2.13. The van der Waals surface area contributed by atoms with Gasteiger partial charge in [0.25, 0.3) is 0 Å². The van der Waals surface area contributed by atoms with Crippen molar-refractivity contribution < 1.29 is 14.2 Å². The summed E-state index contributed by atoms with van der Waals surface area (Å²) < 4.78 is 17.3. The van der Waals surface area contributed by atoms with Crippen LogP contribution in [0.2, 0.25) is 0 Å². The Morgan fingerprint density at radius 1 is 0.960 bits per heavy atom. The molecule has 0 N–H and O–H groups in total. The van der Waals surface area contributed by atoms with Crippen molar-refractivity contribution in [2.45, 2.75) is 6.42 Å². The number of thiazole rings is 1. The largest absolute Gasteiger partial charge is 0.493 e. The molecule has 0 saturated carbocycles. The van der Waals surface area contributed by atoms with E-state index in [1.165, 1.54) is 0 Å². The molecule has 4 nitrogen and oxygen atoms in total. The lowest BCUT2D eigenvalue weighted by Crippen LogP contribution is -1.98. The van der Waals surface area contributed by atoms with E-state index < -0.39 is 0 Å². The van der Waals surface area contributed by atoms with Gasteiger partial charge in [-0.05, 0) is 29.8 Å². The van der Waals surface area contributed by atoms with Crippen molar-refractivity contribution in [3.05, 3.63) is 57.5 Å².